The van der Waals surface area contributed by atoms with Crippen LogP contribution in [-0.2, 0) is 10.1 Å². The molecule has 0 fully saturated rings. The molecule has 0 saturated heterocycles. The number of fused-ring (bicyclic) bond motifs is 7. The quantitative estimate of drug-likeness (QED) is 0.307. The number of nitrogens with one attached hydrogen (secondary N) is 1. The maximum Gasteiger partial charge on any atom is 0.264 e. The van der Waals surface area contributed by atoms with E-state index in [9.17, 15) is 13.0 Å². The third-order valence-electron chi connectivity index (χ3n) is 5.47. The summed E-state index contributed by atoms with van der Waals surface area (Å²) >= 11 is 0. The maximum atomic E-state index is 11.3. The number of benzene rings is 2. The predicted molar refractivity (Wildman–Crippen MR) is 116 cm³/mol. The number of hydrogen-bond donors (Lipinski definition) is 2. The van der Waals surface area contributed by atoms with Gasteiger partial charge in [-0.05, 0) is 24.8 Å². The molecule has 1 atom stereocenters. The van der Waals surface area contributed by atoms with Crippen LogP contribution in [0.4, 0.5) is 11.4 Å². The summed E-state index contributed by atoms with van der Waals surface area (Å²) in [6.45, 7) is 1.97. The minimum Gasteiger partial charge on any atom is -0.450 e. The van der Waals surface area contributed by atoms with Gasteiger partial charge in [-0.15, -0.1) is 0 Å². The summed E-state index contributed by atoms with van der Waals surface area (Å²) in [7, 11) is -4.05. The van der Waals surface area contributed by atoms with E-state index in [0.29, 0.717) is 45.7 Å². The van der Waals surface area contributed by atoms with Gasteiger partial charge < -0.3 is 10.1 Å². The van der Waals surface area contributed by atoms with Crippen molar-refractivity contribution in [3.8, 4) is 11.5 Å². The Bertz CT molecular complexity index is 1420. The fourth-order valence-electron chi connectivity index (χ4n) is 4.01. The van der Waals surface area contributed by atoms with Gasteiger partial charge in [-0.1, -0.05) is 19.1 Å². The molecule has 9 nitrogen and oxygen atoms in total. The van der Waals surface area contributed by atoms with Crippen LogP contribution in [0.3, 0.4) is 0 Å². The molecule has 10 heteroatoms. The number of nitrogens with zero attached hydrogens (tertiary/aromatic N) is 4. The van der Waals surface area contributed by atoms with Gasteiger partial charge in [-0.2, -0.15) is 8.42 Å². The van der Waals surface area contributed by atoms with E-state index in [0.717, 1.165) is 11.3 Å². The lowest BCUT2D eigenvalue weighted by molar-refractivity contribution is 0.461. The van der Waals surface area contributed by atoms with Crippen LogP contribution in [0, 0.1) is 0 Å². The van der Waals surface area contributed by atoms with Crippen molar-refractivity contribution in [1.82, 2.24) is 19.9 Å². The average Bonchev–Trinajstić information content (AvgIpc) is 2.78. The highest BCUT2D eigenvalue weighted by Crippen LogP contribution is 2.50. The number of rotatable bonds is 5. The van der Waals surface area contributed by atoms with Gasteiger partial charge in [0, 0.05) is 30.4 Å². The molecular weight excluding hydrogens is 418 g/mol. The van der Waals surface area contributed by atoms with Crippen LogP contribution in [0.25, 0.3) is 22.1 Å². The van der Waals surface area contributed by atoms with Crippen molar-refractivity contribution in [2.45, 2.75) is 25.7 Å². The van der Waals surface area contributed by atoms with Gasteiger partial charge in [0.1, 0.15) is 27.8 Å². The highest BCUT2D eigenvalue weighted by Gasteiger charge is 2.28. The zero-order chi connectivity index (χ0) is 21.6. The first kappa shape index (κ1) is 19.6. The van der Waals surface area contributed by atoms with Crippen molar-refractivity contribution in [1.29, 1.82) is 0 Å². The smallest absolute Gasteiger partial charge is 0.264 e. The van der Waals surface area contributed by atoms with E-state index >= 15 is 0 Å². The Balaban J connectivity index is 1.67. The molecule has 2 N–H and O–H groups in total. The summed E-state index contributed by atoms with van der Waals surface area (Å²) < 4.78 is 38.2. The van der Waals surface area contributed by atoms with E-state index in [-0.39, 0.29) is 18.1 Å². The molecule has 0 amide bonds. The molecule has 0 spiro atoms. The molecule has 3 heterocycles. The molecule has 0 saturated carbocycles. The van der Waals surface area contributed by atoms with Gasteiger partial charge in [-0.25, -0.2) is 4.98 Å². The summed E-state index contributed by atoms with van der Waals surface area (Å²) in [6, 6.07) is 5.69. The predicted octanol–water partition coefficient (Wildman–Crippen LogP) is 4.19. The van der Waals surface area contributed by atoms with Crippen LogP contribution in [0.1, 0.15) is 31.2 Å². The van der Waals surface area contributed by atoms with E-state index in [1.54, 1.807) is 24.8 Å². The summed E-state index contributed by atoms with van der Waals surface area (Å²) in [5.74, 6) is 0.680. The molecule has 1 unspecified atom stereocenters. The SMILES string of the molecule is CCC(CCS(=O)(=O)O)c1cccc2c1Oc1c(c3nccnc3c3nccnc13)N2. The van der Waals surface area contributed by atoms with E-state index in [4.69, 9.17) is 4.74 Å². The van der Waals surface area contributed by atoms with E-state index < -0.39 is 10.1 Å². The second-order valence-electron chi connectivity index (χ2n) is 7.34. The van der Waals surface area contributed by atoms with Gasteiger partial charge >= 0.3 is 0 Å². The molecule has 0 radical (unpaired) electrons. The first-order valence-corrected chi connectivity index (χ1v) is 11.5. The van der Waals surface area contributed by atoms with Crippen LogP contribution < -0.4 is 10.1 Å². The maximum absolute atomic E-state index is 11.3. The average molecular weight is 437 g/mol. The molecule has 0 bridgehead atoms. The minimum absolute atomic E-state index is 0.113. The third kappa shape index (κ3) is 3.43. The fourth-order valence-corrected chi connectivity index (χ4v) is 4.59. The standard InChI is InChI=1S/C21H19N5O4S/c1-2-12(6-11-31(27,28)29)13-4-3-5-14-20(13)30-21-18-16(23-9-10-25-18)15-17(19(21)26-14)24-8-7-22-15/h3-5,7-10,12,26H,2,6,11H2,1H3,(H,27,28,29). The highest BCUT2D eigenvalue weighted by atomic mass is 32.2. The van der Waals surface area contributed by atoms with Crippen molar-refractivity contribution < 1.29 is 17.7 Å². The van der Waals surface area contributed by atoms with Crippen LogP contribution in [-0.4, -0.2) is 38.7 Å². The molecule has 0 aliphatic carbocycles. The van der Waals surface area contributed by atoms with Crippen molar-refractivity contribution in [2.75, 3.05) is 11.1 Å². The van der Waals surface area contributed by atoms with Crippen LogP contribution in [0.15, 0.2) is 43.0 Å². The first-order chi connectivity index (χ1) is 15.0. The summed E-state index contributed by atoms with van der Waals surface area (Å²) in [6.07, 6.45) is 7.38. The van der Waals surface area contributed by atoms with Gasteiger partial charge in [0.25, 0.3) is 10.1 Å². The fraction of sp³-hybridized carbons (Fsp3) is 0.238. The van der Waals surface area contributed by atoms with Gasteiger partial charge in [-0.3, -0.25) is 19.5 Å². The van der Waals surface area contributed by atoms with Crippen LogP contribution in [0.2, 0.25) is 0 Å². The highest BCUT2D eigenvalue weighted by molar-refractivity contribution is 7.85. The molecule has 4 aromatic rings. The molecule has 1 aliphatic rings. The Labute approximate surface area is 178 Å². The van der Waals surface area contributed by atoms with Crippen molar-refractivity contribution in [2.24, 2.45) is 0 Å². The van der Waals surface area contributed by atoms with Gasteiger partial charge in [0.05, 0.1) is 11.4 Å². The zero-order valence-corrected chi connectivity index (χ0v) is 17.4. The molecule has 5 rings (SSSR count). The van der Waals surface area contributed by atoms with Crippen molar-refractivity contribution in [3.63, 3.8) is 0 Å². The topological polar surface area (TPSA) is 127 Å². The lowest BCUT2D eigenvalue weighted by Crippen LogP contribution is -2.12. The Morgan fingerprint density at radius 3 is 2.29 bits per heavy atom. The van der Waals surface area contributed by atoms with E-state index in [1.807, 2.05) is 25.1 Å². The second kappa shape index (κ2) is 7.40. The number of para-hydroxylation sites is 1. The number of anilines is 2. The second-order valence-corrected chi connectivity index (χ2v) is 8.91. The summed E-state index contributed by atoms with van der Waals surface area (Å²) in [5.41, 5.74) is 4.66. The van der Waals surface area contributed by atoms with Gasteiger partial charge in [0.2, 0.25) is 0 Å². The Hall–Kier alpha value is -3.37. The van der Waals surface area contributed by atoms with E-state index in [1.165, 1.54) is 0 Å². The van der Waals surface area contributed by atoms with Gasteiger partial charge in [0.15, 0.2) is 11.5 Å². The van der Waals surface area contributed by atoms with Crippen LogP contribution >= 0.6 is 0 Å². The van der Waals surface area contributed by atoms with E-state index in [2.05, 4.69) is 25.3 Å². The van der Waals surface area contributed by atoms with Crippen LogP contribution in [0.5, 0.6) is 11.5 Å². The number of aromatic nitrogens is 4. The summed E-state index contributed by atoms with van der Waals surface area (Å²) in [5, 5.41) is 3.40. The molecule has 2 aromatic heterocycles. The molecule has 31 heavy (non-hydrogen) atoms. The molecular formula is C21H19N5O4S. The monoisotopic (exact) mass is 437 g/mol. The Morgan fingerprint density at radius 1 is 0.968 bits per heavy atom. The minimum atomic E-state index is -4.05. The largest absolute Gasteiger partial charge is 0.450 e. The molecule has 158 valence electrons. The number of ether oxygens (including phenoxy) is 1. The molecule has 2 aromatic carbocycles. The Morgan fingerprint density at radius 2 is 1.61 bits per heavy atom. The Kier molecular flexibility index (Phi) is 4.67. The first-order valence-electron chi connectivity index (χ1n) is 9.86. The van der Waals surface area contributed by atoms with Crippen molar-refractivity contribution in [3.05, 3.63) is 48.5 Å². The molecule has 1 aliphatic heterocycles. The summed E-state index contributed by atoms with van der Waals surface area (Å²) in [4.78, 5) is 17.8. The zero-order valence-electron chi connectivity index (χ0n) is 16.6. The third-order valence-corrected chi connectivity index (χ3v) is 6.22. The number of hydrogen-bond acceptors (Lipinski definition) is 8. The lowest BCUT2D eigenvalue weighted by atomic mass is 9.92. The lowest BCUT2D eigenvalue weighted by Gasteiger charge is -2.27. The normalized spacial score (nSPS) is 13.9. The van der Waals surface area contributed by atoms with Crippen molar-refractivity contribution >= 4 is 43.6 Å².